The van der Waals surface area contributed by atoms with Crippen molar-refractivity contribution in [2.24, 2.45) is 0 Å². The number of hydrogen-bond acceptors (Lipinski definition) is 2. The summed E-state index contributed by atoms with van der Waals surface area (Å²) in [5, 5.41) is 0. The van der Waals surface area contributed by atoms with Crippen LogP contribution >= 0.6 is 0 Å². The minimum absolute atomic E-state index is 0.0638. The molecular formula is C12H17F2NO. The number of halogens is 2. The summed E-state index contributed by atoms with van der Waals surface area (Å²) < 4.78 is 30.9. The molecule has 0 aliphatic carbocycles. The molecule has 0 amide bonds. The minimum atomic E-state index is -2.56. The molecule has 1 unspecified atom stereocenters. The maximum atomic E-state index is 12.7. The van der Waals surface area contributed by atoms with E-state index in [9.17, 15) is 8.78 Å². The Balaban J connectivity index is 2.86. The Labute approximate surface area is 94.4 Å². The van der Waals surface area contributed by atoms with E-state index in [-0.39, 0.29) is 17.4 Å². The van der Waals surface area contributed by atoms with Crippen molar-refractivity contribution in [3.05, 3.63) is 23.8 Å². The second-order valence-corrected chi connectivity index (χ2v) is 3.82. The number of hydrogen-bond donors (Lipinski definition) is 1. The maximum absolute atomic E-state index is 12.7. The van der Waals surface area contributed by atoms with Crippen LogP contribution in [0.4, 0.5) is 14.5 Å². The van der Waals surface area contributed by atoms with E-state index in [1.807, 2.05) is 13.8 Å². The van der Waals surface area contributed by atoms with Crippen LogP contribution in [0.15, 0.2) is 18.2 Å². The Morgan fingerprint density at radius 1 is 1.38 bits per heavy atom. The van der Waals surface area contributed by atoms with Gasteiger partial charge in [-0.05, 0) is 31.5 Å². The first-order chi connectivity index (χ1) is 7.54. The van der Waals surface area contributed by atoms with Crippen molar-refractivity contribution in [1.29, 1.82) is 0 Å². The molecule has 2 nitrogen and oxygen atoms in total. The number of rotatable bonds is 5. The molecule has 90 valence electrons. The summed E-state index contributed by atoms with van der Waals surface area (Å²) in [5.74, 6) is 0.227. The van der Waals surface area contributed by atoms with Crippen molar-refractivity contribution in [3.8, 4) is 5.75 Å². The molecule has 0 saturated heterocycles. The fraction of sp³-hybridized carbons (Fsp3) is 0.500. The molecule has 0 spiro atoms. The van der Waals surface area contributed by atoms with E-state index in [1.165, 1.54) is 12.1 Å². The molecule has 0 aromatic heterocycles. The molecule has 0 heterocycles. The van der Waals surface area contributed by atoms with Crippen LogP contribution in [-0.2, 0) is 0 Å². The largest absolute Gasteiger partial charge is 0.490 e. The zero-order chi connectivity index (χ0) is 12.1. The summed E-state index contributed by atoms with van der Waals surface area (Å²) in [5.41, 5.74) is 5.65. The van der Waals surface area contributed by atoms with Crippen LogP contribution in [-0.4, -0.2) is 6.10 Å². The molecular weight excluding hydrogens is 212 g/mol. The van der Waals surface area contributed by atoms with Crippen molar-refractivity contribution in [1.82, 2.24) is 0 Å². The van der Waals surface area contributed by atoms with E-state index < -0.39 is 6.43 Å². The molecule has 0 aliphatic rings. The van der Waals surface area contributed by atoms with Crippen molar-refractivity contribution in [2.45, 2.75) is 39.2 Å². The van der Waals surface area contributed by atoms with Gasteiger partial charge in [-0.15, -0.1) is 0 Å². The molecule has 1 aromatic carbocycles. The SMILES string of the molecule is CCCC(C)Oc1ccc(N)cc1C(F)F. The summed E-state index contributed by atoms with van der Waals surface area (Å²) in [6.45, 7) is 3.89. The van der Waals surface area contributed by atoms with Gasteiger partial charge in [0.1, 0.15) is 5.75 Å². The van der Waals surface area contributed by atoms with Gasteiger partial charge >= 0.3 is 0 Å². The number of benzene rings is 1. The van der Waals surface area contributed by atoms with Gasteiger partial charge < -0.3 is 10.5 Å². The first kappa shape index (κ1) is 12.7. The summed E-state index contributed by atoms with van der Waals surface area (Å²) in [4.78, 5) is 0. The third-order valence-electron chi connectivity index (χ3n) is 2.29. The van der Waals surface area contributed by atoms with Crippen molar-refractivity contribution in [3.63, 3.8) is 0 Å². The topological polar surface area (TPSA) is 35.2 Å². The predicted molar refractivity (Wildman–Crippen MR) is 60.8 cm³/mol. The zero-order valence-corrected chi connectivity index (χ0v) is 9.54. The quantitative estimate of drug-likeness (QED) is 0.780. The van der Waals surface area contributed by atoms with Gasteiger partial charge in [-0.3, -0.25) is 0 Å². The van der Waals surface area contributed by atoms with Crippen LogP contribution in [0.2, 0.25) is 0 Å². The summed E-state index contributed by atoms with van der Waals surface area (Å²) in [6, 6.07) is 4.33. The number of alkyl halides is 2. The van der Waals surface area contributed by atoms with E-state index in [0.717, 1.165) is 12.8 Å². The molecule has 2 N–H and O–H groups in total. The normalized spacial score (nSPS) is 12.8. The van der Waals surface area contributed by atoms with Gasteiger partial charge in [0.05, 0.1) is 11.7 Å². The molecule has 16 heavy (non-hydrogen) atoms. The van der Waals surface area contributed by atoms with Crippen LogP contribution in [0.25, 0.3) is 0 Å². The van der Waals surface area contributed by atoms with Gasteiger partial charge in [0.2, 0.25) is 0 Å². The van der Waals surface area contributed by atoms with E-state index >= 15 is 0 Å². The van der Waals surface area contributed by atoms with E-state index in [1.54, 1.807) is 6.07 Å². The maximum Gasteiger partial charge on any atom is 0.267 e. The third kappa shape index (κ3) is 3.36. The molecule has 0 bridgehead atoms. The Hall–Kier alpha value is -1.32. The van der Waals surface area contributed by atoms with Gasteiger partial charge in [0.15, 0.2) is 0 Å². The standard InChI is InChI=1S/C12H17F2NO/c1-3-4-8(2)16-11-6-5-9(15)7-10(11)12(13)14/h5-8,12H,3-4,15H2,1-2H3. The lowest BCUT2D eigenvalue weighted by Crippen LogP contribution is -2.12. The highest BCUT2D eigenvalue weighted by Gasteiger charge is 2.16. The number of anilines is 1. The fourth-order valence-electron chi connectivity index (χ4n) is 1.53. The smallest absolute Gasteiger partial charge is 0.267 e. The van der Waals surface area contributed by atoms with Crippen LogP contribution in [0.5, 0.6) is 5.75 Å². The fourth-order valence-corrected chi connectivity index (χ4v) is 1.53. The second kappa shape index (κ2) is 5.68. The molecule has 4 heteroatoms. The van der Waals surface area contributed by atoms with Crippen molar-refractivity contribution < 1.29 is 13.5 Å². The Morgan fingerprint density at radius 2 is 2.06 bits per heavy atom. The second-order valence-electron chi connectivity index (χ2n) is 3.82. The average Bonchev–Trinajstić information content (AvgIpc) is 2.20. The monoisotopic (exact) mass is 229 g/mol. The molecule has 1 aromatic rings. The third-order valence-corrected chi connectivity index (χ3v) is 2.29. The van der Waals surface area contributed by atoms with E-state index in [0.29, 0.717) is 5.69 Å². The molecule has 0 aliphatic heterocycles. The molecule has 1 atom stereocenters. The minimum Gasteiger partial charge on any atom is -0.490 e. The highest BCUT2D eigenvalue weighted by atomic mass is 19.3. The summed E-state index contributed by atoms with van der Waals surface area (Å²) in [6.07, 6.45) is -0.828. The predicted octanol–water partition coefficient (Wildman–Crippen LogP) is 3.77. The highest BCUT2D eigenvalue weighted by molar-refractivity contribution is 5.48. The molecule has 0 radical (unpaired) electrons. The number of nitrogen functional groups attached to an aromatic ring is 1. The van der Waals surface area contributed by atoms with Crippen LogP contribution in [0, 0.1) is 0 Å². The lowest BCUT2D eigenvalue weighted by molar-refractivity contribution is 0.138. The van der Waals surface area contributed by atoms with Crippen LogP contribution in [0.1, 0.15) is 38.7 Å². The number of ether oxygens (including phenoxy) is 1. The van der Waals surface area contributed by atoms with Crippen LogP contribution in [0.3, 0.4) is 0 Å². The Morgan fingerprint density at radius 3 is 2.62 bits per heavy atom. The Kier molecular flexibility index (Phi) is 4.52. The molecule has 1 rings (SSSR count). The highest BCUT2D eigenvalue weighted by Crippen LogP contribution is 2.31. The van der Waals surface area contributed by atoms with Gasteiger partial charge in [-0.1, -0.05) is 13.3 Å². The lowest BCUT2D eigenvalue weighted by Gasteiger charge is -2.17. The lowest BCUT2D eigenvalue weighted by atomic mass is 10.1. The van der Waals surface area contributed by atoms with Gasteiger partial charge in [-0.2, -0.15) is 0 Å². The summed E-state index contributed by atoms with van der Waals surface area (Å²) in [7, 11) is 0. The Bertz CT molecular complexity index is 342. The van der Waals surface area contributed by atoms with Gasteiger partial charge in [0.25, 0.3) is 6.43 Å². The van der Waals surface area contributed by atoms with Crippen LogP contribution < -0.4 is 10.5 Å². The van der Waals surface area contributed by atoms with Gasteiger partial charge in [-0.25, -0.2) is 8.78 Å². The zero-order valence-electron chi connectivity index (χ0n) is 9.54. The van der Waals surface area contributed by atoms with E-state index in [2.05, 4.69) is 0 Å². The average molecular weight is 229 g/mol. The van der Waals surface area contributed by atoms with E-state index in [4.69, 9.17) is 10.5 Å². The van der Waals surface area contributed by atoms with Crippen molar-refractivity contribution in [2.75, 3.05) is 5.73 Å². The number of nitrogens with two attached hydrogens (primary N) is 1. The van der Waals surface area contributed by atoms with Crippen molar-refractivity contribution >= 4 is 5.69 Å². The molecule has 0 fully saturated rings. The first-order valence-corrected chi connectivity index (χ1v) is 5.38. The van der Waals surface area contributed by atoms with Gasteiger partial charge in [0, 0.05) is 5.69 Å². The first-order valence-electron chi connectivity index (χ1n) is 5.38. The molecule has 0 saturated carbocycles. The summed E-state index contributed by atoms with van der Waals surface area (Å²) >= 11 is 0.